The fourth-order valence-corrected chi connectivity index (χ4v) is 0. The Morgan fingerprint density at radius 1 is 0.875 bits per heavy atom. The minimum atomic E-state index is 0. The molecule has 0 aliphatic rings. The third-order valence-corrected chi connectivity index (χ3v) is 0. The van der Waals surface area contributed by atoms with Crippen molar-refractivity contribution in [1.29, 1.82) is 0 Å². The molecule has 4 heteroatoms. The van der Waals surface area contributed by atoms with Crippen LogP contribution in [0.1, 0.15) is 14.9 Å². The molecule has 0 aromatic carbocycles. The molecule has 0 unspecified atom stereocenters. The number of isocyanates is 2. The summed E-state index contributed by atoms with van der Waals surface area (Å²) in [6, 6.07) is 0. The van der Waals surface area contributed by atoms with E-state index in [4.69, 9.17) is 20.4 Å². The highest BCUT2D eigenvalue weighted by Crippen LogP contribution is 0.952. The molecular weight excluding hydrogens is 108 g/mol. The van der Waals surface area contributed by atoms with E-state index in [1.54, 1.807) is 0 Å². The Morgan fingerprint density at radius 2 is 0.875 bits per heavy atom. The molecule has 0 fully saturated rings. The lowest BCUT2D eigenvalue weighted by atomic mass is 11.7. The van der Waals surface area contributed by atoms with E-state index in [1.807, 2.05) is 0 Å². The van der Waals surface area contributed by atoms with E-state index in [2.05, 4.69) is 0 Å². The Kier molecular flexibility index (Phi) is 832. The maximum Gasteiger partial charge on any atom is -0.0159 e. The van der Waals surface area contributed by atoms with Crippen molar-refractivity contribution in [1.82, 2.24) is 0 Å². The third-order valence-electron chi connectivity index (χ3n) is 0. The third kappa shape index (κ3) is 43.8. The van der Waals surface area contributed by atoms with E-state index in [9.17, 15) is 0 Å². The average Bonchev–Trinajstić information content (AvgIpc) is 1.39. The lowest BCUT2D eigenvalue weighted by Gasteiger charge is -1.32. The second-order valence-electron chi connectivity index (χ2n) is 0.183. The summed E-state index contributed by atoms with van der Waals surface area (Å²) in [4.78, 5) is 16.5. The Bertz CT molecular complexity index is 66.0. The normalized spacial score (nSPS) is 2.00. The van der Waals surface area contributed by atoms with E-state index in [-0.39, 0.29) is 14.9 Å². The number of rotatable bonds is 0. The Balaban J connectivity index is -0.0000000160. The molecule has 0 aliphatic heterocycles. The second kappa shape index (κ2) is 226. The summed E-state index contributed by atoms with van der Waals surface area (Å²) in [5.41, 5.74) is 0. The molecule has 0 N–H and O–H groups in total. The molecule has 0 aromatic heterocycles. The summed E-state index contributed by atoms with van der Waals surface area (Å²) < 4.78 is 0. The number of hydrogen-bond donors (Lipinski definition) is 0. The van der Waals surface area contributed by atoms with Crippen molar-refractivity contribution in [3.8, 4) is 0 Å². The van der Waals surface area contributed by atoms with Crippen LogP contribution in [0.5, 0.6) is 0 Å². The van der Waals surface area contributed by atoms with E-state index < -0.39 is 0 Å². The fraction of sp³-hybridized carbons (Fsp3) is 0.500. The second-order valence-corrected chi connectivity index (χ2v) is 0.183. The van der Waals surface area contributed by atoms with Crippen molar-refractivity contribution in [3.63, 3.8) is 0 Å². The zero-order valence-electron chi connectivity index (χ0n) is 2.71. The van der Waals surface area contributed by atoms with Gasteiger partial charge in [-0.2, -0.15) is 0 Å². The van der Waals surface area contributed by atoms with Crippen LogP contribution >= 0.6 is 0 Å². The van der Waals surface area contributed by atoms with Gasteiger partial charge in [0.05, 0.1) is 0 Å². The van der Waals surface area contributed by atoms with Gasteiger partial charge < -0.3 is 10.8 Å². The highest BCUT2D eigenvalue weighted by molar-refractivity contribution is 5.37. The Hall–Kier alpha value is -1.24. The molecule has 0 saturated carbocycles. The first kappa shape index (κ1) is 29.4. The molecule has 0 heterocycles. The average molecular weight is 116 g/mol. The topological polar surface area (TPSA) is 78.7 Å². The minimum Gasteiger partial charge on any atom is -0.724 e. The largest absolute Gasteiger partial charge is 0.724 e. The summed E-state index contributed by atoms with van der Waals surface area (Å²) >= 11 is 0. The fourth-order valence-electron chi connectivity index (χ4n) is 0. The lowest BCUT2D eigenvalue weighted by molar-refractivity contribution is 0.568. The molecule has 8 heavy (non-hydrogen) atoms. The molecule has 0 amide bonds. The SMILES string of the molecule is C.C.[N-]=C=O.[N-]=C=O. The van der Waals surface area contributed by atoms with Crippen LogP contribution < -0.4 is 0 Å². The first-order valence-electron chi connectivity index (χ1n) is 0.855. The van der Waals surface area contributed by atoms with Gasteiger partial charge in [-0.05, 0) is 12.2 Å². The van der Waals surface area contributed by atoms with Gasteiger partial charge in [0.25, 0.3) is 0 Å². The van der Waals surface area contributed by atoms with E-state index in [0.717, 1.165) is 0 Å². The van der Waals surface area contributed by atoms with Crippen molar-refractivity contribution in [2.24, 2.45) is 0 Å². The van der Waals surface area contributed by atoms with Gasteiger partial charge in [0.1, 0.15) is 0 Å². The smallest absolute Gasteiger partial charge is 0.0159 e. The van der Waals surface area contributed by atoms with Gasteiger partial charge in [0, 0.05) is 0 Å². The molecule has 48 valence electrons. The van der Waals surface area contributed by atoms with E-state index >= 15 is 0 Å². The highest BCUT2D eigenvalue weighted by Gasteiger charge is 0.793. The Morgan fingerprint density at radius 3 is 0.875 bits per heavy atom. The molecule has 4 nitrogen and oxygen atoms in total. The van der Waals surface area contributed by atoms with Crippen LogP contribution in [0.4, 0.5) is 0 Å². The summed E-state index contributed by atoms with van der Waals surface area (Å²) in [6.07, 6.45) is 1.00. The van der Waals surface area contributed by atoms with Crippen LogP contribution in [0.2, 0.25) is 0 Å². The molecule has 0 bridgehead atoms. The van der Waals surface area contributed by atoms with Crippen molar-refractivity contribution in [3.05, 3.63) is 10.8 Å². The molecule has 0 aromatic rings. The maximum absolute atomic E-state index is 8.24. The standard InChI is InChI=1S/2CNO.2CH4/c2*2-1-3;;/h;;2*1H4/q2*-1;;. The monoisotopic (exact) mass is 116 g/mol. The molecule has 0 saturated heterocycles. The van der Waals surface area contributed by atoms with Gasteiger partial charge in [0.15, 0.2) is 0 Å². The lowest BCUT2D eigenvalue weighted by Crippen LogP contribution is -1.13. The minimum absolute atomic E-state index is 0. The molecule has 0 atom stereocenters. The van der Waals surface area contributed by atoms with Crippen LogP contribution in [0, 0.1) is 0 Å². The first-order chi connectivity index (χ1) is 2.83. The number of carbonyl (C=O) groups excluding carboxylic acids is 2. The van der Waals surface area contributed by atoms with Crippen molar-refractivity contribution < 1.29 is 9.59 Å². The summed E-state index contributed by atoms with van der Waals surface area (Å²) in [6.45, 7) is 0. The van der Waals surface area contributed by atoms with Gasteiger partial charge >= 0.3 is 0 Å². The van der Waals surface area contributed by atoms with E-state index in [1.165, 1.54) is 0 Å². The van der Waals surface area contributed by atoms with Crippen molar-refractivity contribution in [2.75, 3.05) is 0 Å². The Labute approximate surface area is 48.5 Å². The van der Waals surface area contributed by atoms with Gasteiger partial charge in [0.2, 0.25) is 0 Å². The van der Waals surface area contributed by atoms with E-state index in [0.29, 0.717) is 12.2 Å². The molecular formula is C4H8N2O2-2. The summed E-state index contributed by atoms with van der Waals surface area (Å²) in [5, 5.41) is 13.5. The molecule has 0 radical (unpaired) electrons. The number of hydrogen-bond acceptors (Lipinski definition) is 2. The van der Waals surface area contributed by atoms with Gasteiger partial charge in [-0.25, -0.2) is 0 Å². The quantitative estimate of drug-likeness (QED) is 0.350. The predicted octanol–water partition coefficient (Wildman–Crippen LogP) is 1.06. The highest BCUT2D eigenvalue weighted by atomic mass is 16.1. The summed E-state index contributed by atoms with van der Waals surface area (Å²) in [7, 11) is 0. The van der Waals surface area contributed by atoms with Gasteiger partial charge in [-0.1, -0.05) is 14.9 Å². The van der Waals surface area contributed by atoms with Crippen LogP contribution in [0.15, 0.2) is 0 Å². The van der Waals surface area contributed by atoms with Crippen molar-refractivity contribution >= 4 is 12.2 Å². The predicted molar refractivity (Wildman–Crippen MR) is 31.6 cm³/mol. The zero-order chi connectivity index (χ0) is 5.41. The van der Waals surface area contributed by atoms with Crippen LogP contribution in [0.25, 0.3) is 10.8 Å². The van der Waals surface area contributed by atoms with Crippen LogP contribution in [-0.2, 0) is 9.59 Å². The maximum atomic E-state index is 8.24. The zero-order valence-corrected chi connectivity index (χ0v) is 2.71. The van der Waals surface area contributed by atoms with Gasteiger partial charge in [-0.15, -0.1) is 0 Å². The number of nitrogens with zero attached hydrogens (tertiary/aromatic N) is 2. The summed E-state index contributed by atoms with van der Waals surface area (Å²) in [5.74, 6) is 0. The molecule has 0 aliphatic carbocycles. The van der Waals surface area contributed by atoms with Crippen molar-refractivity contribution in [2.45, 2.75) is 14.9 Å². The van der Waals surface area contributed by atoms with Gasteiger partial charge in [-0.3, -0.25) is 9.59 Å². The molecule has 0 spiro atoms. The first-order valence-corrected chi connectivity index (χ1v) is 0.855. The van der Waals surface area contributed by atoms with Crippen LogP contribution in [-0.4, -0.2) is 12.2 Å². The molecule has 0 rings (SSSR count). The van der Waals surface area contributed by atoms with Crippen LogP contribution in [0.3, 0.4) is 0 Å².